The normalized spacial score (nSPS) is 12.6. The van der Waals surface area contributed by atoms with Gasteiger partial charge >= 0.3 is 0 Å². The van der Waals surface area contributed by atoms with Crippen LogP contribution in [0.15, 0.2) is 36.7 Å². The van der Waals surface area contributed by atoms with E-state index in [0.29, 0.717) is 29.9 Å². The molecule has 1 heterocycles. The topological polar surface area (TPSA) is 62.7 Å². The first-order valence-corrected chi connectivity index (χ1v) is 10.2. The molecule has 148 valence electrons. The summed E-state index contributed by atoms with van der Waals surface area (Å²) in [6.45, 7) is 9.92. The predicted molar refractivity (Wildman–Crippen MR) is 114 cm³/mol. The molecule has 1 atom stereocenters. The van der Waals surface area contributed by atoms with Crippen LogP contribution in [0.5, 0.6) is 0 Å². The zero-order valence-corrected chi connectivity index (χ0v) is 17.3. The van der Waals surface area contributed by atoms with E-state index in [2.05, 4.69) is 65.4 Å². The quantitative estimate of drug-likeness (QED) is 0.472. The molecule has 2 aromatic rings. The van der Waals surface area contributed by atoms with Crippen LogP contribution in [0.2, 0.25) is 0 Å². The van der Waals surface area contributed by atoms with Gasteiger partial charge in [0.25, 0.3) is 0 Å². The summed E-state index contributed by atoms with van der Waals surface area (Å²) in [5.41, 5.74) is 1.60. The molecular weight excluding hydrogens is 334 g/mol. The first-order valence-electron chi connectivity index (χ1n) is 10.2. The second-order valence-electron chi connectivity index (χ2n) is 8.18. The lowest BCUT2D eigenvalue weighted by molar-refractivity contribution is 0.283. The molecule has 1 aromatic carbocycles. The summed E-state index contributed by atoms with van der Waals surface area (Å²) in [7, 11) is 0. The van der Waals surface area contributed by atoms with Gasteiger partial charge in [-0.2, -0.15) is 4.98 Å². The van der Waals surface area contributed by atoms with E-state index < -0.39 is 0 Å². The van der Waals surface area contributed by atoms with Crippen LogP contribution in [0.3, 0.4) is 0 Å². The van der Waals surface area contributed by atoms with Crippen molar-refractivity contribution in [3.8, 4) is 0 Å². The van der Waals surface area contributed by atoms with Crippen molar-refractivity contribution in [1.82, 2.24) is 15.0 Å². The average Bonchev–Trinajstić information content (AvgIpc) is 2.66. The smallest absolute Gasteiger partial charge is 0.227 e. The lowest BCUT2D eigenvalue weighted by Crippen LogP contribution is -2.21. The highest BCUT2D eigenvalue weighted by molar-refractivity contribution is 5.34. The van der Waals surface area contributed by atoms with Crippen molar-refractivity contribution in [3.05, 3.63) is 42.2 Å². The molecule has 0 aliphatic heterocycles. The summed E-state index contributed by atoms with van der Waals surface area (Å²) in [6, 6.07) is 10.6. The highest BCUT2D eigenvalue weighted by Gasteiger charge is 2.18. The molecule has 5 heteroatoms. The summed E-state index contributed by atoms with van der Waals surface area (Å²) in [5, 5.41) is 6.68. The van der Waals surface area contributed by atoms with Crippen molar-refractivity contribution >= 4 is 11.9 Å². The molecule has 1 aromatic heterocycles. The van der Waals surface area contributed by atoms with Crippen LogP contribution >= 0.6 is 0 Å². The lowest BCUT2D eigenvalue weighted by atomic mass is 9.81. The van der Waals surface area contributed by atoms with Gasteiger partial charge in [0.05, 0.1) is 0 Å². The van der Waals surface area contributed by atoms with E-state index in [4.69, 9.17) is 0 Å². The number of rotatable bonds is 12. The van der Waals surface area contributed by atoms with E-state index in [1.165, 1.54) is 37.7 Å². The van der Waals surface area contributed by atoms with Crippen LogP contribution in [-0.4, -0.2) is 21.0 Å². The van der Waals surface area contributed by atoms with Crippen molar-refractivity contribution in [3.63, 3.8) is 0 Å². The SMILES string of the molecule is CCCCCC(C)(C)CCC(C)Nc1ncnc(NCc2ccccc2)n1. The number of hydrogen-bond donors (Lipinski definition) is 2. The molecule has 2 rings (SSSR count). The van der Waals surface area contributed by atoms with Crippen molar-refractivity contribution in [2.75, 3.05) is 10.6 Å². The van der Waals surface area contributed by atoms with Gasteiger partial charge in [-0.05, 0) is 37.2 Å². The number of anilines is 2. The molecule has 0 spiro atoms. The minimum Gasteiger partial charge on any atom is -0.352 e. The Hall–Kier alpha value is -2.17. The molecule has 0 bridgehead atoms. The largest absolute Gasteiger partial charge is 0.352 e. The summed E-state index contributed by atoms with van der Waals surface area (Å²) < 4.78 is 0. The summed E-state index contributed by atoms with van der Waals surface area (Å²) in [4.78, 5) is 13.0. The summed E-state index contributed by atoms with van der Waals surface area (Å²) in [6.07, 6.45) is 9.12. The third-order valence-corrected chi connectivity index (χ3v) is 4.95. The Balaban J connectivity index is 1.79. The van der Waals surface area contributed by atoms with E-state index in [0.717, 1.165) is 6.42 Å². The van der Waals surface area contributed by atoms with Crippen LogP contribution < -0.4 is 10.6 Å². The molecule has 0 aliphatic rings. The Morgan fingerprint density at radius 1 is 1.00 bits per heavy atom. The molecule has 1 unspecified atom stereocenters. The van der Waals surface area contributed by atoms with E-state index in [1.54, 1.807) is 6.33 Å². The molecule has 27 heavy (non-hydrogen) atoms. The molecule has 0 amide bonds. The molecular formula is C22H35N5. The fourth-order valence-corrected chi connectivity index (χ4v) is 3.11. The van der Waals surface area contributed by atoms with Gasteiger partial charge in [-0.1, -0.05) is 70.4 Å². The molecule has 0 aliphatic carbocycles. The number of unbranched alkanes of at least 4 members (excludes halogenated alkanes) is 2. The second kappa shape index (κ2) is 10.9. The lowest BCUT2D eigenvalue weighted by Gasteiger charge is -2.26. The van der Waals surface area contributed by atoms with Gasteiger partial charge < -0.3 is 10.6 Å². The van der Waals surface area contributed by atoms with Gasteiger partial charge in [0, 0.05) is 12.6 Å². The van der Waals surface area contributed by atoms with Gasteiger partial charge in [0.1, 0.15) is 6.33 Å². The molecule has 0 saturated carbocycles. The Kier molecular flexibility index (Phi) is 8.49. The number of hydrogen-bond acceptors (Lipinski definition) is 5. The van der Waals surface area contributed by atoms with Crippen LogP contribution in [0.1, 0.15) is 71.8 Å². The van der Waals surface area contributed by atoms with Crippen molar-refractivity contribution in [2.24, 2.45) is 5.41 Å². The number of nitrogens with one attached hydrogen (secondary N) is 2. The Bertz CT molecular complexity index is 657. The fourth-order valence-electron chi connectivity index (χ4n) is 3.11. The highest BCUT2D eigenvalue weighted by Crippen LogP contribution is 2.30. The number of aromatic nitrogens is 3. The zero-order chi connectivity index (χ0) is 19.5. The highest BCUT2D eigenvalue weighted by atomic mass is 15.2. The molecule has 5 nitrogen and oxygen atoms in total. The number of nitrogens with zero attached hydrogens (tertiary/aromatic N) is 3. The molecule has 0 radical (unpaired) electrons. The Labute approximate surface area is 164 Å². The maximum Gasteiger partial charge on any atom is 0.227 e. The van der Waals surface area contributed by atoms with Crippen molar-refractivity contribution < 1.29 is 0 Å². The van der Waals surface area contributed by atoms with E-state index in [-0.39, 0.29) is 0 Å². The molecule has 2 N–H and O–H groups in total. The number of benzene rings is 1. The van der Waals surface area contributed by atoms with E-state index in [9.17, 15) is 0 Å². The zero-order valence-electron chi connectivity index (χ0n) is 17.3. The predicted octanol–water partition coefficient (Wildman–Crippen LogP) is 5.67. The molecule has 0 fully saturated rings. The first-order chi connectivity index (χ1) is 13.0. The van der Waals surface area contributed by atoms with Crippen molar-refractivity contribution in [1.29, 1.82) is 0 Å². The van der Waals surface area contributed by atoms with E-state index >= 15 is 0 Å². The Morgan fingerprint density at radius 2 is 1.74 bits per heavy atom. The Morgan fingerprint density at radius 3 is 2.48 bits per heavy atom. The van der Waals surface area contributed by atoms with Gasteiger partial charge in [-0.3, -0.25) is 0 Å². The van der Waals surface area contributed by atoms with Crippen LogP contribution in [-0.2, 0) is 6.54 Å². The van der Waals surface area contributed by atoms with Crippen molar-refractivity contribution in [2.45, 2.75) is 78.8 Å². The van der Waals surface area contributed by atoms with Gasteiger partial charge in [0.15, 0.2) is 0 Å². The maximum absolute atomic E-state index is 4.49. The van der Waals surface area contributed by atoms with Crippen LogP contribution in [0.25, 0.3) is 0 Å². The monoisotopic (exact) mass is 369 g/mol. The third-order valence-electron chi connectivity index (χ3n) is 4.95. The standard InChI is InChI=1S/C22H35N5/c1-5-6-10-14-22(3,4)15-13-18(2)26-21-25-17-24-20(27-21)23-16-19-11-8-7-9-12-19/h7-9,11-12,17-18H,5-6,10,13-16H2,1-4H3,(H2,23,24,25,26,27). The van der Waals surface area contributed by atoms with Crippen LogP contribution in [0.4, 0.5) is 11.9 Å². The van der Waals surface area contributed by atoms with Gasteiger partial charge in [-0.25, -0.2) is 9.97 Å². The third kappa shape index (κ3) is 8.37. The maximum atomic E-state index is 4.49. The van der Waals surface area contributed by atoms with Crippen LogP contribution in [0, 0.1) is 5.41 Å². The minimum atomic E-state index is 0.333. The fraction of sp³-hybridized carbons (Fsp3) is 0.591. The second-order valence-corrected chi connectivity index (χ2v) is 8.18. The van der Waals surface area contributed by atoms with Gasteiger partial charge in [0.2, 0.25) is 11.9 Å². The van der Waals surface area contributed by atoms with Gasteiger partial charge in [-0.15, -0.1) is 0 Å². The average molecular weight is 370 g/mol. The first kappa shape index (κ1) is 21.1. The minimum absolute atomic E-state index is 0.333. The van der Waals surface area contributed by atoms with E-state index in [1.807, 2.05) is 18.2 Å². The summed E-state index contributed by atoms with van der Waals surface area (Å²) >= 11 is 0. The summed E-state index contributed by atoms with van der Waals surface area (Å²) in [5.74, 6) is 1.24. The molecule has 0 saturated heterocycles.